The smallest absolute Gasteiger partial charge is 0.277 e. The number of likely N-dealkylation sites (tertiary alicyclic amines) is 1. The van der Waals surface area contributed by atoms with Crippen LogP contribution in [0.25, 0.3) is 5.65 Å². The van der Waals surface area contributed by atoms with E-state index < -0.39 is 0 Å². The van der Waals surface area contributed by atoms with Crippen LogP contribution in [0.4, 0.5) is 0 Å². The van der Waals surface area contributed by atoms with Crippen LogP contribution in [0, 0.1) is 11.8 Å². The van der Waals surface area contributed by atoms with E-state index in [1.165, 1.54) is 4.52 Å². The lowest BCUT2D eigenvalue weighted by Crippen LogP contribution is -2.41. The summed E-state index contributed by atoms with van der Waals surface area (Å²) < 4.78 is 1.49. The molecule has 5 rings (SSSR count). The van der Waals surface area contributed by atoms with E-state index >= 15 is 0 Å². The number of H-pyrrole nitrogens is 1. The molecule has 160 valence electrons. The van der Waals surface area contributed by atoms with E-state index in [4.69, 9.17) is 4.98 Å². The fourth-order valence-electron chi connectivity index (χ4n) is 4.80. The third kappa shape index (κ3) is 3.22. The van der Waals surface area contributed by atoms with Gasteiger partial charge in [-0.3, -0.25) is 19.5 Å². The Kier molecular flexibility index (Phi) is 4.67. The van der Waals surface area contributed by atoms with Crippen molar-refractivity contribution in [3.8, 4) is 0 Å². The Balaban J connectivity index is 1.49. The molecular formula is C22H29N5O3. The summed E-state index contributed by atoms with van der Waals surface area (Å²) in [6, 6.07) is 1.86. The van der Waals surface area contributed by atoms with Gasteiger partial charge in [-0.25, -0.2) is 9.50 Å². The first-order chi connectivity index (χ1) is 14.4. The van der Waals surface area contributed by atoms with Crippen LogP contribution in [0.3, 0.4) is 0 Å². The largest absolute Gasteiger partial charge is 0.337 e. The van der Waals surface area contributed by atoms with Gasteiger partial charge < -0.3 is 9.80 Å². The molecule has 0 aromatic carbocycles. The summed E-state index contributed by atoms with van der Waals surface area (Å²) in [5.74, 6) is 0.409. The van der Waals surface area contributed by atoms with Crippen molar-refractivity contribution in [3.05, 3.63) is 33.4 Å². The zero-order valence-corrected chi connectivity index (χ0v) is 17.7. The highest BCUT2D eigenvalue weighted by Crippen LogP contribution is 2.33. The lowest BCUT2D eigenvalue weighted by atomic mass is 9.97. The van der Waals surface area contributed by atoms with Crippen LogP contribution in [-0.4, -0.2) is 49.3 Å². The number of piperidine rings is 1. The van der Waals surface area contributed by atoms with Crippen molar-refractivity contribution >= 4 is 17.5 Å². The number of nitrogens with zero attached hydrogens (tertiary/aromatic N) is 4. The van der Waals surface area contributed by atoms with Crippen LogP contribution < -0.4 is 5.56 Å². The van der Waals surface area contributed by atoms with Crippen LogP contribution in [0.2, 0.25) is 0 Å². The number of aromatic nitrogens is 3. The average Bonchev–Trinajstić information content (AvgIpc) is 3.52. The molecule has 3 aliphatic rings. The van der Waals surface area contributed by atoms with Crippen molar-refractivity contribution in [3.63, 3.8) is 0 Å². The first-order valence-electron chi connectivity index (χ1n) is 11.2. The standard InChI is InChI=1S/C22H29N5O3/c1-13(2)20(28)26-9-4-3-5-18(26)17-11-19-23-16-8-10-25(21(29)14-6-7-14)12-15(16)22(30)27(19)24-17/h11,13-14,18,24H,3-10,12H2,1-2H3/t18-/m1/s1. The minimum absolute atomic E-state index is 0.0558. The van der Waals surface area contributed by atoms with E-state index in [0.29, 0.717) is 30.7 Å². The van der Waals surface area contributed by atoms with Gasteiger partial charge in [-0.1, -0.05) is 13.8 Å². The van der Waals surface area contributed by atoms with Gasteiger partial charge in [-0.2, -0.15) is 0 Å². The summed E-state index contributed by atoms with van der Waals surface area (Å²) in [5.41, 5.74) is 2.73. The van der Waals surface area contributed by atoms with Gasteiger partial charge in [0, 0.05) is 37.4 Å². The Morgan fingerprint density at radius 1 is 1.17 bits per heavy atom. The first kappa shape index (κ1) is 19.3. The molecule has 2 aromatic heterocycles. The van der Waals surface area contributed by atoms with Gasteiger partial charge in [0.1, 0.15) is 0 Å². The van der Waals surface area contributed by atoms with E-state index in [9.17, 15) is 14.4 Å². The number of rotatable bonds is 3. The predicted molar refractivity (Wildman–Crippen MR) is 111 cm³/mol. The zero-order chi connectivity index (χ0) is 21.0. The topological polar surface area (TPSA) is 90.8 Å². The number of fused-ring (bicyclic) bond motifs is 2. The van der Waals surface area contributed by atoms with Crippen molar-refractivity contribution in [2.24, 2.45) is 11.8 Å². The summed E-state index contributed by atoms with van der Waals surface area (Å²) in [6.07, 6.45) is 5.48. The van der Waals surface area contributed by atoms with Crippen molar-refractivity contribution in [1.29, 1.82) is 0 Å². The monoisotopic (exact) mass is 411 g/mol. The second-order valence-corrected chi connectivity index (χ2v) is 9.23. The fraction of sp³-hybridized carbons (Fsp3) is 0.636. The van der Waals surface area contributed by atoms with Gasteiger partial charge >= 0.3 is 0 Å². The second kappa shape index (κ2) is 7.25. The molecule has 1 atom stereocenters. The van der Waals surface area contributed by atoms with E-state index in [0.717, 1.165) is 50.0 Å². The van der Waals surface area contributed by atoms with Crippen molar-refractivity contribution in [1.82, 2.24) is 24.4 Å². The minimum atomic E-state index is -0.132. The summed E-state index contributed by atoms with van der Waals surface area (Å²) in [4.78, 5) is 46.9. The molecule has 0 unspecified atom stereocenters. The molecule has 1 N–H and O–H groups in total. The third-order valence-electron chi connectivity index (χ3n) is 6.66. The number of nitrogens with one attached hydrogen (secondary N) is 1. The number of amides is 2. The van der Waals surface area contributed by atoms with Crippen LogP contribution in [0.5, 0.6) is 0 Å². The molecule has 2 fully saturated rings. The molecule has 2 amide bonds. The van der Waals surface area contributed by atoms with Gasteiger partial charge in [-0.15, -0.1) is 0 Å². The molecule has 0 bridgehead atoms. The Morgan fingerprint density at radius 3 is 2.70 bits per heavy atom. The average molecular weight is 412 g/mol. The maximum Gasteiger partial charge on any atom is 0.277 e. The molecule has 8 heteroatoms. The highest BCUT2D eigenvalue weighted by Gasteiger charge is 2.36. The van der Waals surface area contributed by atoms with E-state index in [1.807, 2.05) is 29.7 Å². The maximum atomic E-state index is 13.2. The van der Waals surface area contributed by atoms with Gasteiger partial charge in [0.05, 0.1) is 29.5 Å². The molecule has 1 aliphatic carbocycles. The van der Waals surface area contributed by atoms with Gasteiger partial charge in [0.2, 0.25) is 11.8 Å². The summed E-state index contributed by atoms with van der Waals surface area (Å²) in [7, 11) is 0. The molecule has 1 saturated heterocycles. The maximum absolute atomic E-state index is 13.2. The van der Waals surface area contributed by atoms with Crippen molar-refractivity contribution < 1.29 is 9.59 Å². The van der Waals surface area contributed by atoms with Gasteiger partial charge in [-0.05, 0) is 32.1 Å². The predicted octanol–water partition coefficient (Wildman–Crippen LogP) is 2.03. The molecule has 8 nitrogen and oxygen atoms in total. The lowest BCUT2D eigenvalue weighted by molar-refractivity contribution is -0.138. The van der Waals surface area contributed by atoms with E-state index in [2.05, 4.69) is 5.10 Å². The lowest BCUT2D eigenvalue weighted by Gasteiger charge is -2.36. The summed E-state index contributed by atoms with van der Waals surface area (Å²) in [5, 5.41) is 3.23. The Morgan fingerprint density at radius 2 is 1.97 bits per heavy atom. The Hall–Kier alpha value is -2.64. The SMILES string of the molecule is CC(C)C(=O)N1CCCC[C@@H]1c1cc2nc3c(c(=O)n2[nH]1)CN(C(=O)C1CC1)CC3. The van der Waals surface area contributed by atoms with Gasteiger partial charge in [0.15, 0.2) is 5.65 Å². The van der Waals surface area contributed by atoms with Crippen molar-refractivity contribution in [2.75, 3.05) is 13.1 Å². The third-order valence-corrected chi connectivity index (χ3v) is 6.66. The molecular weight excluding hydrogens is 382 g/mol. The minimum Gasteiger partial charge on any atom is -0.337 e. The van der Waals surface area contributed by atoms with Crippen LogP contribution >= 0.6 is 0 Å². The van der Waals surface area contributed by atoms with Crippen LogP contribution in [-0.2, 0) is 22.6 Å². The number of carbonyl (C=O) groups excluding carboxylic acids is 2. The number of aromatic amines is 1. The highest BCUT2D eigenvalue weighted by atomic mass is 16.2. The first-order valence-corrected chi connectivity index (χ1v) is 11.2. The second-order valence-electron chi connectivity index (χ2n) is 9.23. The fourth-order valence-corrected chi connectivity index (χ4v) is 4.80. The molecule has 2 aliphatic heterocycles. The molecule has 1 saturated carbocycles. The van der Waals surface area contributed by atoms with Crippen LogP contribution in [0.1, 0.15) is 68.9 Å². The Labute approximate surface area is 175 Å². The molecule has 4 heterocycles. The Bertz CT molecular complexity index is 1060. The normalized spacial score (nSPS) is 21.9. The van der Waals surface area contributed by atoms with Gasteiger partial charge in [0.25, 0.3) is 5.56 Å². The van der Waals surface area contributed by atoms with Crippen LogP contribution in [0.15, 0.2) is 10.9 Å². The number of hydrogen-bond donors (Lipinski definition) is 1. The molecule has 30 heavy (non-hydrogen) atoms. The number of hydrogen-bond acceptors (Lipinski definition) is 4. The zero-order valence-electron chi connectivity index (χ0n) is 17.7. The highest BCUT2D eigenvalue weighted by molar-refractivity contribution is 5.81. The van der Waals surface area contributed by atoms with Crippen molar-refractivity contribution in [2.45, 2.75) is 65.0 Å². The molecule has 0 radical (unpaired) electrons. The molecule has 2 aromatic rings. The van der Waals surface area contributed by atoms with E-state index in [-0.39, 0.29) is 35.3 Å². The summed E-state index contributed by atoms with van der Waals surface area (Å²) in [6.45, 7) is 5.56. The molecule has 0 spiro atoms. The quantitative estimate of drug-likeness (QED) is 0.837. The summed E-state index contributed by atoms with van der Waals surface area (Å²) >= 11 is 0. The van der Waals surface area contributed by atoms with E-state index in [1.54, 1.807) is 0 Å². The number of carbonyl (C=O) groups is 2.